The fourth-order valence-corrected chi connectivity index (χ4v) is 3.58. The van der Waals surface area contributed by atoms with Crippen LogP contribution in [-0.2, 0) is 0 Å². The number of hydrogen-bond donors (Lipinski definition) is 1. The van der Waals surface area contributed by atoms with Gasteiger partial charge in [0.05, 0.1) is 18.1 Å². The van der Waals surface area contributed by atoms with E-state index in [2.05, 4.69) is 20.2 Å². The standard InChI is InChI=1S/C21H22ClN5O2/c1-14-6-7-17-18(12-14)23-19(20(24-17)29-2)25-21(28)27-10-8-26(9-11-27)16-5-3-4-15(22)13-16/h3-7,12-13H,8-11H2,1-2H3,(H,23,25,28). The summed E-state index contributed by atoms with van der Waals surface area (Å²) in [5, 5.41) is 3.56. The number of ether oxygens (including phenoxy) is 1. The van der Waals surface area contributed by atoms with Gasteiger partial charge >= 0.3 is 6.03 Å². The van der Waals surface area contributed by atoms with Crippen molar-refractivity contribution >= 4 is 40.2 Å². The van der Waals surface area contributed by atoms with Gasteiger partial charge in [-0.25, -0.2) is 14.8 Å². The molecule has 1 aliphatic rings. The highest BCUT2D eigenvalue weighted by molar-refractivity contribution is 6.30. The molecule has 0 radical (unpaired) electrons. The van der Waals surface area contributed by atoms with E-state index < -0.39 is 0 Å². The van der Waals surface area contributed by atoms with E-state index in [-0.39, 0.29) is 6.03 Å². The molecular formula is C21H22ClN5O2. The third kappa shape index (κ3) is 4.19. The van der Waals surface area contributed by atoms with Gasteiger partial charge in [0.15, 0.2) is 5.82 Å². The van der Waals surface area contributed by atoms with E-state index in [0.29, 0.717) is 35.3 Å². The van der Waals surface area contributed by atoms with Crippen LogP contribution < -0.4 is 15.0 Å². The Labute approximate surface area is 174 Å². The molecule has 1 N–H and O–H groups in total. The molecule has 2 amide bonds. The number of halogens is 1. The van der Waals surface area contributed by atoms with Crippen LogP contribution in [0.25, 0.3) is 11.0 Å². The quantitative estimate of drug-likeness (QED) is 0.706. The van der Waals surface area contributed by atoms with Crippen LogP contribution >= 0.6 is 11.6 Å². The van der Waals surface area contributed by atoms with Gasteiger partial charge < -0.3 is 14.5 Å². The van der Waals surface area contributed by atoms with Gasteiger partial charge in [-0.1, -0.05) is 23.7 Å². The van der Waals surface area contributed by atoms with Crippen molar-refractivity contribution in [3.05, 3.63) is 53.1 Å². The summed E-state index contributed by atoms with van der Waals surface area (Å²) < 4.78 is 5.33. The molecule has 0 spiro atoms. The average molecular weight is 412 g/mol. The van der Waals surface area contributed by atoms with Crippen molar-refractivity contribution in [2.45, 2.75) is 6.92 Å². The number of rotatable bonds is 3. The predicted molar refractivity (Wildman–Crippen MR) is 115 cm³/mol. The Morgan fingerprint density at radius 2 is 1.86 bits per heavy atom. The Balaban J connectivity index is 1.46. The molecule has 29 heavy (non-hydrogen) atoms. The summed E-state index contributed by atoms with van der Waals surface area (Å²) in [5.41, 5.74) is 3.58. The maximum atomic E-state index is 12.8. The van der Waals surface area contributed by atoms with Crippen LogP contribution in [0, 0.1) is 6.92 Å². The van der Waals surface area contributed by atoms with Crippen LogP contribution in [0.1, 0.15) is 5.56 Å². The summed E-state index contributed by atoms with van der Waals surface area (Å²) in [4.78, 5) is 25.8. The lowest BCUT2D eigenvalue weighted by atomic mass is 10.2. The number of hydrogen-bond acceptors (Lipinski definition) is 5. The van der Waals surface area contributed by atoms with Gasteiger partial charge in [-0.05, 0) is 42.8 Å². The molecule has 1 aliphatic heterocycles. The molecule has 7 nitrogen and oxygen atoms in total. The first-order valence-electron chi connectivity index (χ1n) is 9.42. The first kappa shape index (κ1) is 19.3. The zero-order valence-electron chi connectivity index (χ0n) is 16.4. The molecular weight excluding hydrogens is 390 g/mol. The molecule has 1 aromatic heterocycles. The lowest BCUT2D eigenvalue weighted by Gasteiger charge is -2.36. The van der Waals surface area contributed by atoms with Crippen molar-refractivity contribution in [3.8, 4) is 5.88 Å². The van der Waals surface area contributed by atoms with Gasteiger partial charge in [0.25, 0.3) is 5.88 Å². The molecule has 2 aromatic carbocycles. The second-order valence-corrected chi connectivity index (χ2v) is 7.39. The maximum absolute atomic E-state index is 12.8. The number of carbonyl (C=O) groups excluding carboxylic acids is 1. The molecule has 8 heteroatoms. The molecule has 1 fully saturated rings. The van der Waals surface area contributed by atoms with Gasteiger partial charge in [0.2, 0.25) is 0 Å². The van der Waals surface area contributed by atoms with Crippen LogP contribution in [-0.4, -0.2) is 54.2 Å². The Morgan fingerprint density at radius 3 is 2.59 bits per heavy atom. The Kier molecular flexibility index (Phi) is 5.40. The zero-order chi connectivity index (χ0) is 20.4. The largest absolute Gasteiger partial charge is 0.478 e. The first-order valence-corrected chi connectivity index (χ1v) is 9.80. The van der Waals surface area contributed by atoms with Crippen molar-refractivity contribution < 1.29 is 9.53 Å². The second-order valence-electron chi connectivity index (χ2n) is 6.96. The molecule has 1 saturated heterocycles. The Morgan fingerprint density at radius 1 is 1.07 bits per heavy atom. The summed E-state index contributed by atoms with van der Waals surface area (Å²) >= 11 is 6.09. The lowest BCUT2D eigenvalue weighted by molar-refractivity contribution is 0.208. The highest BCUT2D eigenvalue weighted by Crippen LogP contribution is 2.25. The van der Waals surface area contributed by atoms with Crippen molar-refractivity contribution in [2.75, 3.05) is 43.5 Å². The minimum absolute atomic E-state index is 0.213. The molecule has 0 aliphatic carbocycles. The zero-order valence-corrected chi connectivity index (χ0v) is 17.1. The summed E-state index contributed by atoms with van der Waals surface area (Å²) in [6.07, 6.45) is 0. The lowest BCUT2D eigenvalue weighted by Crippen LogP contribution is -2.50. The van der Waals surface area contributed by atoms with Gasteiger partial charge in [0.1, 0.15) is 0 Å². The van der Waals surface area contributed by atoms with Crippen molar-refractivity contribution in [3.63, 3.8) is 0 Å². The molecule has 0 bridgehead atoms. The molecule has 3 aromatic rings. The maximum Gasteiger partial charge on any atom is 0.323 e. The fourth-order valence-electron chi connectivity index (χ4n) is 3.39. The number of benzene rings is 2. The van der Waals surface area contributed by atoms with E-state index in [0.717, 1.165) is 29.9 Å². The Bertz CT molecular complexity index is 1050. The molecule has 0 unspecified atom stereocenters. The number of anilines is 2. The normalized spacial score (nSPS) is 14.2. The minimum atomic E-state index is -0.213. The number of piperazine rings is 1. The third-order valence-electron chi connectivity index (χ3n) is 4.95. The van der Waals surface area contributed by atoms with E-state index in [1.54, 1.807) is 4.90 Å². The second kappa shape index (κ2) is 8.13. The summed E-state index contributed by atoms with van der Waals surface area (Å²) in [6, 6.07) is 13.3. The van der Waals surface area contributed by atoms with E-state index >= 15 is 0 Å². The van der Waals surface area contributed by atoms with Gasteiger partial charge in [-0.15, -0.1) is 0 Å². The first-order chi connectivity index (χ1) is 14.0. The van der Waals surface area contributed by atoms with Crippen LogP contribution in [0.15, 0.2) is 42.5 Å². The van der Waals surface area contributed by atoms with E-state index in [1.165, 1.54) is 7.11 Å². The number of aryl methyl sites for hydroxylation is 1. The van der Waals surface area contributed by atoms with Crippen LogP contribution in [0.3, 0.4) is 0 Å². The van der Waals surface area contributed by atoms with E-state index in [9.17, 15) is 4.79 Å². The highest BCUT2D eigenvalue weighted by Gasteiger charge is 2.23. The van der Waals surface area contributed by atoms with Crippen molar-refractivity contribution in [1.29, 1.82) is 0 Å². The number of urea groups is 1. The number of fused-ring (bicyclic) bond motifs is 1. The number of nitrogens with zero attached hydrogens (tertiary/aromatic N) is 4. The van der Waals surface area contributed by atoms with Crippen LogP contribution in [0.2, 0.25) is 5.02 Å². The van der Waals surface area contributed by atoms with Gasteiger partial charge in [-0.3, -0.25) is 5.32 Å². The molecule has 4 rings (SSSR count). The minimum Gasteiger partial charge on any atom is -0.478 e. The Hall–Kier alpha value is -3.06. The fraction of sp³-hybridized carbons (Fsp3) is 0.286. The van der Waals surface area contributed by atoms with Crippen molar-refractivity contribution in [1.82, 2.24) is 14.9 Å². The third-order valence-corrected chi connectivity index (χ3v) is 5.18. The molecule has 150 valence electrons. The van der Waals surface area contributed by atoms with Crippen LogP contribution in [0.4, 0.5) is 16.3 Å². The van der Waals surface area contributed by atoms with Gasteiger partial charge in [0, 0.05) is 36.9 Å². The number of aromatic nitrogens is 2. The van der Waals surface area contributed by atoms with Crippen LogP contribution in [0.5, 0.6) is 5.88 Å². The van der Waals surface area contributed by atoms with Gasteiger partial charge in [-0.2, -0.15) is 0 Å². The smallest absolute Gasteiger partial charge is 0.323 e. The number of carbonyl (C=O) groups is 1. The SMILES string of the molecule is COc1nc2ccc(C)cc2nc1NC(=O)N1CCN(c2cccc(Cl)c2)CC1. The topological polar surface area (TPSA) is 70.6 Å². The number of nitrogens with one attached hydrogen (secondary N) is 1. The van der Waals surface area contributed by atoms with E-state index in [4.69, 9.17) is 16.3 Å². The highest BCUT2D eigenvalue weighted by atomic mass is 35.5. The number of methoxy groups -OCH3 is 1. The molecule has 2 heterocycles. The van der Waals surface area contributed by atoms with Crippen molar-refractivity contribution in [2.24, 2.45) is 0 Å². The summed E-state index contributed by atoms with van der Waals surface area (Å²) in [6.45, 7) is 4.64. The molecule has 0 atom stereocenters. The predicted octanol–water partition coefficient (Wildman–Crippen LogP) is 3.95. The summed E-state index contributed by atoms with van der Waals surface area (Å²) in [7, 11) is 1.52. The average Bonchev–Trinajstić information content (AvgIpc) is 2.73. The number of amides is 2. The summed E-state index contributed by atoms with van der Waals surface area (Å²) in [5.74, 6) is 0.625. The monoisotopic (exact) mass is 411 g/mol. The molecule has 0 saturated carbocycles. The van der Waals surface area contributed by atoms with E-state index in [1.807, 2.05) is 49.4 Å².